The number of likely N-dealkylation sites (tertiary alicyclic amines) is 1. The van der Waals surface area contributed by atoms with Crippen molar-refractivity contribution in [3.05, 3.63) is 24.3 Å². The van der Waals surface area contributed by atoms with E-state index in [9.17, 15) is 19.2 Å². The number of anilines is 2. The molecule has 3 amide bonds. The van der Waals surface area contributed by atoms with Crippen LogP contribution >= 0.6 is 0 Å². The summed E-state index contributed by atoms with van der Waals surface area (Å²) in [5, 5.41) is 2.63. The first-order chi connectivity index (χ1) is 13.4. The van der Waals surface area contributed by atoms with Crippen LogP contribution in [0, 0.1) is 11.8 Å². The van der Waals surface area contributed by atoms with Crippen LogP contribution in [0.3, 0.4) is 0 Å². The first-order valence-electron chi connectivity index (χ1n) is 9.45. The summed E-state index contributed by atoms with van der Waals surface area (Å²) in [7, 11) is 3.83. The van der Waals surface area contributed by atoms with Gasteiger partial charge in [0.25, 0.3) is 5.91 Å². The fraction of sp³-hybridized carbons (Fsp3) is 0.500. The van der Waals surface area contributed by atoms with Crippen LogP contribution in [-0.2, 0) is 23.9 Å². The Bertz CT molecular complexity index is 751. The van der Waals surface area contributed by atoms with E-state index in [1.165, 1.54) is 0 Å². The molecule has 8 nitrogen and oxygen atoms in total. The second kappa shape index (κ2) is 8.41. The minimum atomic E-state index is -0.765. The van der Waals surface area contributed by atoms with Crippen LogP contribution in [0.1, 0.15) is 25.7 Å². The van der Waals surface area contributed by atoms with Gasteiger partial charge < -0.3 is 15.0 Å². The maximum Gasteiger partial charge on any atom is 0.326 e. The number of rotatable bonds is 6. The molecule has 3 rings (SSSR count). The van der Waals surface area contributed by atoms with Crippen molar-refractivity contribution in [2.45, 2.75) is 25.7 Å². The number of imide groups is 1. The average molecular weight is 387 g/mol. The van der Waals surface area contributed by atoms with Gasteiger partial charge in [-0.15, -0.1) is 0 Å². The van der Waals surface area contributed by atoms with E-state index in [-0.39, 0.29) is 23.7 Å². The minimum Gasteiger partial charge on any atom is -0.454 e. The smallest absolute Gasteiger partial charge is 0.326 e. The van der Waals surface area contributed by atoms with E-state index in [1.807, 2.05) is 31.1 Å². The standard InChI is InChI=1S/C20H25N3O5/c1-22(2)14-9-7-13(8-10-14)21-17(24)12-28-18(25)11-23-19(26)15-5-3-4-6-16(15)20(23)27/h7-10,15-16H,3-6,11-12H2,1-2H3,(H,21,24)/t15-,16-/m0/s1. The van der Waals surface area contributed by atoms with Crippen LogP contribution in [0.5, 0.6) is 0 Å². The lowest BCUT2D eigenvalue weighted by atomic mass is 9.81. The molecule has 1 aromatic carbocycles. The molecule has 0 bridgehead atoms. The summed E-state index contributed by atoms with van der Waals surface area (Å²) in [6.45, 7) is -0.910. The highest BCUT2D eigenvalue weighted by Crippen LogP contribution is 2.37. The number of benzene rings is 1. The molecule has 0 radical (unpaired) electrons. The van der Waals surface area contributed by atoms with Crippen LogP contribution in [0.25, 0.3) is 0 Å². The van der Waals surface area contributed by atoms with Gasteiger partial charge in [0.2, 0.25) is 11.8 Å². The second-order valence-electron chi connectivity index (χ2n) is 7.41. The van der Waals surface area contributed by atoms with Gasteiger partial charge in [0.15, 0.2) is 6.61 Å². The van der Waals surface area contributed by atoms with Crippen molar-refractivity contribution < 1.29 is 23.9 Å². The lowest BCUT2D eigenvalue weighted by Crippen LogP contribution is -2.37. The Morgan fingerprint density at radius 2 is 1.64 bits per heavy atom. The highest BCUT2D eigenvalue weighted by Gasteiger charge is 2.48. The number of hydrogen-bond donors (Lipinski definition) is 1. The summed E-state index contributed by atoms with van der Waals surface area (Å²) in [6, 6.07) is 7.20. The van der Waals surface area contributed by atoms with Gasteiger partial charge in [0.05, 0.1) is 11.8 Å². The second-order valence-corrected chi connectivity index (χ2v) is 7.41. The van der Waals surface area contributed by atoms with E-state index in [0.717, 1.165) is 23.4 Å². The lowest BCUT2D eigenvalue weighted by Gasteiger charge is -2.19. The molecule has 1 saturated heterocycles. The molecule has 1 aromatic rings. The molecular weight excluding hydrogens is 362 g/mol. The van der Waals surface area contributed by atoms with Gasteiger partial charge >= 0.3 is 5.97 Å². The molecule has 8 heteroatoms. The van der Waals surface area contributed by atoms with E-state index in [4.69, 9.17) is 4.74 Å². The Labute approximate surface area is 163 Å². The maximum absolute atomic E-state index is 12.4. The maximum atomic E-state index is 12.4. The predicted molar refractivity (Wildman–Crippen MR) is 103 cm³/mol. The molecule has 1 saturated carbocycles. The molecule has 2 aliphatic rings. The highest BCUT2D eigenvalue weighted by atomic mass is 16.5. The fourth-order valence-electron chi connectivity index (χ4n) is 3.75. The summed E-state index contributed by atoms with van der Waals surface area (Å²) in [5.41, 5.74) is 1.57. The zero-order chi connectivity index (χ0) is 20.3. The molecule has 0 spiro atoms. The van der Waals surface area contributed by atoms with E-state index in [2.05, 4.69) is 5.32 Å². The van der Waals surface area contributed by atoms with Crippen molar-refractivity contribution in [1.82, 2.24) is 4.90 Å². The molecule has 2 fully saturated rings. The predicted octanol–water partition coefficient (Wildman–Crippen LogP) is 1.41. The van der Waals surface area contributed by atoms with Crippen LogP contribution in [0.2, 0.25) is 0 Å². The number of esters is 1. The fourth-order valence-corrected chi connectivity index (χ4v) is 3.75. The summed E-state index contributed by atoms with van der Waals surface area (Å²) in [6.07, 6.45) is 3.23. The Balaban J connectivity index is 1.47. The zero-order valence-electron chi connectivity index (χ0n) is 16.1. The summed E-state index contributed by atoms with van der Waals surface area (Å²) in [5.74, 6) is -2.45. The van der Waals surface area contributed by atoms with E-state index in [0.29, 0.717) is 18.5 Å². The van der Waals surface area contributed by atoms with E-state index in [1.54, 1.807) is 12.1 Å². The van der Waals surface area contributed by atoms with Gasteiger partial charge in [-0.2, -0.15) is 0 Å². The van der Waals surface area contributed by atoms with E-state index < -0.39 is 25.0 Å². The Hall–Kier alpha value is -2.90. The van der Waals surface area contributed by atoms with Gasteiger partial charge in [-0.25, -0.2) is 0 Å². The van der Waals surface area contributed by atoms with Crippen molar-refractivity contribution in [1.29, 1.82) is 0 Å². The molecule has 0 unspecified atom stereocenters. The minimum absolute atomic E-state index is 0.294. The van der Waals surface area contributed by atoms with E-state index >= 15 is 0 Å². The normalized spacial score (nSPS) is 21.3. The van der Waals surface area contributed by atoms with Crippen LogP contribution in [0.4, 0.5) is 11.4 Å². The largest absolute Gasteiger partial charge is 0.454 e. The summed E-state index contributed by atoms with van der Waals surface area (Å²) >= 11 is 0. The van der Waals surface area contributed by atoms with Gasteiger partial charge in [-0.05, 0) is 37.1 Å². The number of fused-ring (bicyclic) bond motifs is 1. The Morgan fingerprint density at radius 1 is 1.07 bits per heavy atom. The van der Waals surface area contributed by atoms with Gasteiger partial charge in [-0.3, -0.25) is 24.1 Å². The number of hydrogen-bond acceptors (Lipinski definition) is 6. The summed E-state index contributed by atoms with van der Waals surface area (Å²) in [4.78, 5) is 51.6. The first-order valence-corrected chi connectivity index (χ1v) is 9.45. The molecule has 1 N–H and O–H groups in total. The van der Waals surface area contributed by atoms with Gasteiger partial charge in [-0.1, -0.05) is 12.8 Å². The summed E-state index contributed by atoms with van der Waals surface area (Å²) < 4.78 is 4.94. The van der Waals surface area contributed by atoms with Gasteiger partial charge in [0.1, 0.15) is 6.54 Å². The molecule has 1 heterocycles. The quantitative estimate of drug-likeness (QED) is 0.586. The van der Waals surface area contributed by atoms with Crippen molar-refractivity contribution in [3.8, 4) is 0 Å². The highest BCUT2D eigenvalue weighted by molar-refractivity contribution is 6.07. The van der Waals surface area contributed by atoms with Crippen molar-refractivity contribution in [2.75, 3.05) is 37.5 Å². The topological polar surface area (TPSA) is 96.0 Å². The molecule has 1 aliphatic heterocycles. The zero-order valence-corrected chi connectivity index (χ0v) is 16.1. The number of nitrogens with one attached hydrogen (secondary N) is 1. The Kier molecular flexibility index (Phi) is 5.96. The molecule has 28 heavy (non-hydrogen) atoms. The van der Waals surface area contributed by atoms with Crippen molar-refractivity contribution >= 4 is 35.1 Å². The third-order valence-corrected chi connectivity index (χ3v) is 5.25. The molecular formula is C20H25N3O5. The monoisotopic (exact) mass is 387 g/mol. The Morgan fingerprint density at radius 3 is 2.18 bits per heavy atom. The van der Waals surface area contributed by atoms with Crippen LogP contribution in [0.15, 0.2) is 24.3 Å². The van der Waals surface area contributed by atoms with Crippen molar-refractivity contribution in [2.24, 2.45) is 11.8 Å². The number of carbonyl (C=O) groups excluding carboxylic acids is 4. The first kappa shape index (κ1) is 19.9. The van der Waals surface area contributed by atoms with Crippen molar-refractivity contribution in [3.63, 3.8) is 0 Å². The third kappa shape index (κ3) is 4.32. The number of nitrogens with zero attached hydrogens (tertiary/aromatic N) is 2. The van der Waals surface area contributed by atoms with Crippen LogP contribution < -0.4 is 10.2 Å². The number of amides is 3. The molecule has 1 aliphatic carbocycles. The average Bonchev–Trinajstić information content (AvgIpc) is 2.92. The molecule has 2 atom stereocenters. The number of carbonyl (C=O) groups is 4. The van der Waals surface area contributed by atoms with Gasteiger partial charge in [0, 0.05) is 25.5 Å². The molecule has 150 valence electrons. The third-order valence-electron chi connectivity index (χ3n) is 5.25. The molecule has 0 aromatic heterocycles. The SMILES string of the molecule is CN(C)c1ccc(NC(=O)COC(=O)CN2C(=O)[C@H]3CCCC[C@@H]3C2=O)cc1. The van der Waals surface area contributed by atoms with Crippen LogP contribution in [-0.4, -0.2) is 55.8 Å². The lowest BCUT2D eigenvalue weighted by molar-refractivity contribution is -0.154. The number of ether oxygens (including phenoxy) is 1.